The van der Waals surface area contributed by atoms with E-state index in [0.717, 1.165) is 17.0 Å². The summed E-state index contributed by atoms with van der Waals surface area (Å²) in [5.41, 5.74) is 4.23. The molecular weight excluding hydrogens is 360 g/mol. The summed E-state index contributed by atoms with van der Waals surface area (Å²) < 4.78 is 11.0. The Morgan fingerprint density at radius 2 is 1.93 bits per heavy atom. The first-order valence-electron chi connectivity index (χ1n) is 8.72. The highest BCUT2D eigenvalue weighted by Crippen LogP contribution is 2.22. The van der Waals surface area contributed by atoms with Crippen molar-refractivity contribution in [3.8, 4) is 11.5 Å². The van der Waals surface area contributed by atoms with Crippen molar-refractivity contribution in [2.75, 3.05) is 13.7 Å². The average molecular weight is 382 g/mol. The second-order valence-corrected chi connectivity index (χ2v) is 6.65. The van der Waals surface area contributed by atoms with E-state index in [1.165, 1.54) is 11.3 Å². The molecule has 6 heteroatoms. The minimum Gasteiger partial charge on any atom is -0.497 e. The predicted octanol–water partition coefficient (Wildman–Crippen LogP) is 4.39. The minimum absolute atomic E-state index is 0.0535. The summed E-state index contributed by atoms with van der Waals surface area (Å²) in [5, 5.41) is 1.94. The van der Waals surface area contributed by atoms with Gasteiger partial charge in [0.2, 0.25) is 0 Å². The second kappa shape index (κ2) is 9.19. The number of nitrogens with zero attached hydrogens (tertiary/aromatic N) is 2. The summed E-state index contributed by atoms with van der Waals surface area (Å²) in [7, 11) is 1.64. The number of benzene rings is 2. The predicted molar refractivity (Wildman–Crippen MR) is 106 cm³/mol. The summed E-state index contributed by atoms with van der Waals surface area (Å²) in [6.45, 7) is 3.45. The van der Waals surface area contributed by atoms with Crippen LogP contribution in [-0.2, 0) is 13.2 Å². The standard InChI is InChI=1S/C21H22N2O3S/c1-3-23(12-16-8-10-18(25-2)11-9-16)21(24)19-6-4-5-7-20(19)26-13-17-14-27-15-22-17/h4-11,14-15H,3,12-13H2,1-2H3. The number of amides is 1. The van der Waals surface area contributed by atoms with Crippen LogP contribution >= 0.6 is 11.3 Å². The Morgan fingerprint density at radius 3 is 2.59 bits per heavy atom. The Labute approximate surface area is 163 Å². The van der Waals surface area contributed by atoms with Crippen LogP contribution < -0.4 is 9.47 Å². The van der Waals surface area contributed by atoms with E-state index in [4.69, 9.17) is 9.47 Å². The lowest BCUT2D eigenvalue weighted by Crippen LogP contribution is -2.30. The maximum atomic E-state index is 13.1. The molecule has 140 valence electrons. The Balaban J connectivity index is 1.74. The summed E-state index contributed by atoms with van der Waals surface area (Å²) in [5.74, 6) is 1.32. The zero-order valence-electron chi connectivity index (χ0n) is 15.4. The van der Waals surface area contributed by atoms with E-state index in [-0.39, 0.29) is 5.91 Å². The van der Waals surface area contributed by atoms with Gasteiger partial charge < -0.3 is 14.4 Å². The van der Waals surface area contributed by atoms with Crippen LogP contribution in [0.1, 0.15) is 28.5 Å². The number of thiazole rings is 1. The molecule has 1 aromatic heterocycles. The van der Waals surface area contributed by atoms with Gasteiger partial charge in [0, 0.05) is 18.5 Å². The third-order valence-corrected chi connectivity index (χ3v) is 4.81. The maximum Gasteiger partial charge on any atom is 0.257 e. The summed E-state index contributed by atoms with van der Waals surface area (Å²) in [6.07, 6.45) is 0. The van der Waals surface area contributed by atoms with Crippen molar-refractivity contribution in [2.24, 2.45) is 0 Å². The van der Waals surface area contributed by atoms with Crippen LogP contribution in [0.5, 0.6) is 11.5 Å². The topological polar surface area (TPSA) is 51.7 Å². The Hall–Kier alpha value is -2.86. The number of methoxy groups -OCH3 is 1. The van der Waals surface area contributed by atoms with Gasteiger partial charge in [-0.15, -0.1) is 11.3 Å². The van der Waals surface area contributed by atoms with E-state index < -0.39 is 0 Å². The Bertz CT molecular complexity index is 863. The van der Waals surface area contributed by atoms with E-state index in [2.05, 4.69) is 4.98 Å². The van der Waals surface area contributed by atoms with Gasteiger partial charge >= 0.3 is 0 Å². The number of carbonyl (C=O) groups excluding carboxylic acids is 1. The lowest BCUT2D eigenvalue weighted by molar-refractivity contribution is 0.0747. The van der Waals surface area contributed by atoms with E-state index in [0.29, 0.717) is 31.0 Å². The highest BCUT2D eigenvalue weighted by atomic mass is 32.1. The van der Waals surface area contributed by atoms with Crippen LogP contribution in [-0.4, -0.2) is 29.4 Å². The molecule has 27 heavy (non-hydrogen) atoms. The number of ether oxygens (including phenoxy) is 2. The van der Waals surface area contributed by atoms with Crippen LogP contribution in [0.2, 0.25) is 0 Å². The van der Waals surface area contributed by atoms with Crippen molar-refractivity contribution in [3.05, 3.63) is 76.2 Å². The molecule has 0 spiro atoms. The quantitative estimate of drug-likeness (QED) is 0.580. The van der Waals surface area contributed by atoms with Crippen molar-refractivity contribution in [1.82, 2.24) is 9.88 Å². The number of carbonyl (C=O) groups is 1. The summed E-state index contributed by atoms with van der Waals surface area (Å²) >= 11 is 1.52. The number of hydrogen-bond acceptors (Lipinski definition) is 5. The van der Waals surface area contributed by atoms with Crippen LogP contribution in [0.15, 0.2) is 59.4 Å². The highest BCUT2D eigenvalue weighted by Gasteiger charge is 2.19. The SMILES string of the molecule is CCN(Cc1ccc(OC)cc1)C(=O)c1ccccc1OCc1cscn1. The molecule has 0 radical (unpaired) electrons. The molecule has 2 aromatic carbocycles. The molecule has 0 bridgehead atoms. The molecule has 3 rings (SSSR count). The van der Waals surface area contributed by atoms with Gasteiger partial charge in [0.15, 0.2) is 0 Å². The van der Waals surface area contributed by atoms with E-state index in [1.807, 2.05) is 54.8 Å². The molecular formula is C21H22N2O3S. The maximum absolute atomic E-state index is 13.1. The van der Waals surface area contributed by atoms with Crippen molar-refractivity contribution >= 4 is 17.2 Å². The minimum atomic E-state index is -0.0535. The van der Waals surface area contributed by atoms with E-state index in [1.54, 1.807) is 23.6 Å². The molecule has 0 saturated heterocycles. The van der Waals surface area contributed by atoms with Gasteiger partial charge in [-0.1, -0.05) is 24.3 Å². The van der Waals surface area contributed by atoms with Crippen LogP contribution in [0.25, 0.3) is 0 Å². The van der Waals surface area contributed by atoms with Crippen LogP contribution in [0, 0.1) is 0 Å². The van der Waals surface area contributed by atoms with Crippen LogP contribution in [0.3, 0.4) is 0 Å². The van der Waals surface area contributed by atoms with Crippen LogP contribution in [0.4, 0.5) is 0 Å². The zero-order chi connectivity index (χ0) is 19.1. The molecule has 1 amide bonds. The van der Waals surface area contributed by atoms with Gasteiger partial charge in [-0.3, -0.25) is 4.79 Å². The van der Waals surface area contributed by atoms with Gasteiger partial charge in [-0.05, 0) is 36.8 Å². The summed E-state index contributed by atoms with van der Waals surface area (Å²) in [6, 6.07) is 15.1. The molecule has 0 saturated carbocycles. The third-order valence-electron chi connectivity index (χ3n) is 4.18. The molecule has 0 unspecified atom stereocenters. The lowest BCUT2D eigenvalue weighted by atomic mass is 10.1. The molecule has 0 aliphatic carbocycles. The van der Waals surface area contributed by atoms with Gasteiger partial charge in [0.1, 0.15) is 18.1 Å². The average Bonchev–Trinajstić information content (AvgIpc) is 3.24. The molecule has 0 fully saturated rings. The molecule has 0 aliphatic heterocycles. The van der Waals surface area contributed by atoms with Crippen molar-refractivity contribution in [3.63, 3.8) is 0 Å². The molecule has 0 atom stereocenters. The van der Waals surface area contributed by atoms with Gasteiger partial charge in [0.25, 0.3) is 5.91 Å². The highest BCUT2D eigenvalue weighted by molar-refractivity contribution is 7.07. The Morgan fingerprint density at radius 1 is 1.15 bits per heavy atom. The van der Waals surface area contributed by atoms with E-state index >= 15 is 0 Å². The van der Waals surface area contributed by atoms with Crippen molar-refractivity contribution < 1.29 is 14.3 Å². The van der Waals surface area contributed by atoms with E-state index in [9.17, 15) is 4.79 Å². The number of hydrogen-bond donors (Lipinski definition) is 0. The second-order valence-electron chi connectivity index (χ2n) is 5.93. The first-order valence-corrected chi connectivity index (χ1v) is 9.66. The molecule has 5 nitrogen and oxygen atoms in total. The fourth-order valence-electron chi connectivity index (χ4n) is 2.68. The molecule has 0 N–H and O–H groups in total. The monoisotopic (exact) mass is 382 g/mol. The number of para-hydroxylation sites is 1. The van der Waals surface area contributed by atoms with Crippen molar-refractivity contribution in [1.29, 1.82) is 0 Å². The number of rotatable bonds is 8. The normalized spacial score (nSPS) is 10.4. The third kappa shape index (κ3) is 4.86. The number of aromatic nitrogens is 1. The fraction of sp³-hybridized carbons (Fsp3) is 0.238. The lowest BCUT2D eigenvalue weighted by Gasteiger charge is -2.22. The fourth-order valence-corrected chi connectivity index (χ4v) is 3.22. The molecule has 0 aliphatic rings. The van der Waals surface area contributed by atoms with Crippen molar-refractivity contribution in [2.45, 2.75) is 20.1 Å². The molecule has 3 aromatic rings. The largest absolute Gasteiger partial charge is 0.497 e. The molecule has 1 heterocycles. The van der Waals surface area contributed by atoms with Gasteiger partial charge in [-0.2, -0.15) is 0 Å². The Kier molecular flexibility index (Phi) is 6.44. The zero-order valence-corrected chi connectivity index (χ0v) is 16.2. The van der Waals surface area contributed by atoms with Gasteiger partial charge in [-0.25, -0.2) is 4.98 Å². The first-order chi connectivity index (χ1) is 13.2. The smallest absolute Gasteiger partial charge is 0.257 e. The first kappa shape index (κ1) is 18.9. The summed E-state index contributed by atoms with van der Waals surface area (Å²) in [4.78, 5) is 19.1. The van der Waals surface area contributed by atoms with Gasteiger partial charge in [0.05, 0.1) is 23.9 Å².